The fraction of sp³-hybridized carbons (Fsp3) is 0.412. The Morgan fingerprint density at radius 2 is 2.21 bits per heavy atom. The van der Waals surface area contributed by atoms with E-state index >= 15 is 0 Å². The summed E-state index contributed by atoms with van der Waals surface area (Å²) in [5.41, 5.74) is 0.943. The van der Waals surface area contributed by atoms with Crippen molar-refractivity contribution < 1.29 is 9.53 Å². The minimum atomic E-state index is -0.163. The third-order valence-corrected chi connectivity index (χ3v) is 4.81. The maximum Gasteiger partial charge on any atom is 0.222 e. The lowest BCUT2D eigenvalue weighted by molar-refractivity contribution is -0.139. The molecule has 7 heteroatoms. The molecule has 0 N–H and O–H groups in total. The second-order valence-corrected chi connectivity index (χ2v) is 6.56. The summed E-state index contributed by atoms with van der Waals surface area (Å²) in [7, 11) is 0. The molecular weight excluding hydrogens is 349 g/mol. The van der Waals surface area contributed by atoms with Gasteiger partial charge in [0.25, 0.3) is 0 Å². The van der Waals surface area contributed by atoms with E-state index in [4.69, 9.17) is 27.9 Å². The first-order valence-corrected chi connectivity index (χ1v) is 8.71. The number of ether oxygens (including phenoxy) is 1. The molecule has 5 nitrogen and oxygen atoms in total. The third kappa shape index (κ3) is 4.29. The number of benzene rings is 1. The van der Waals surface area contributed by atoms with Crippen LogP contribution in [0, 0.1) is 0 Å². The first-order valence-electron chi connectivity index (χ1n) is 7.95. The van der Waals surface area contributed by atoms with E-state index in [0.29, 0.717) is 36.2 Å². The number of aryl methyl sites for hydroxylation is 1. The fourth-order valence-corrected chi connectivity index (χ4v) is 3.08. The molecule has 1 aliphatic rings. The Morgan fingerprint density at radius 3 is 2.96 bits per heavy atom. The van der Waals surface area contributed by atoms with Gasteiger partial charge in [-0.3, -0.25) is 9.48 Å². The van der Waals surface area contributed by atoms with Crippen LogP contribution in [0.15, 0.2) is 36.7 Å². The van der Waals surface area contributed by atoms with Crippen molar-refractivity contribution in [3.05, 3.63) is 52.3 Å². The van der Waals surface area contributed by atoms with Gasteiger partial charge in [0.15, 0.2) is 0 Å². The number of hydrogen-bond donors (Lipinski definition) is 0. The predicted molar refractivity (Wildman–Crippen MR) is 93.2 cm³/mol. The standard InChI is InChI=1S/C17H19Cl2N3O2/c18-14-5-4-13(11-15(14)19)16-12-21(9-10-24-16)17(23)3-1-7-22-8-2-6-20-22/h2,4-6,8,11,16H,1,3,7,9-10,12H2/t16-/m0/s1. The van der Waals surface area contributed by atoms with Crippen LogP contribution in [0.3, 0.4) is 0 Å². The summed E-state index contributed by atoms with van der Waals surface area (Å²) in [5, 5.41) is 5.16. The number of rotatable bonds is 5. The van der Waals surface area contributed by atoms with E-state index in [9.17, 15) is 4.79 Å². The van der Waals surface area contributed by atoms with E-state index in [2.05, 4.69) is 5.10 Å². The zero-order chi connectivity index (χ0) is 16.9. The zero-order valence-corrected chi connectivity index (χ0v) is 14.7. The normalized spacial score (nSPS) is 17.9. The molecule has 24 heavy (non-hydrogen) atoms. The van der Waals surface area contributed by atoms with E-state index in [1.165, 1.54) is 0 Å². The van der Waals surface area contributed by atoms with Gasteiger partial charge in [-0.15, -0.1) is 0 Å². The van der Waals surface area contributed by atoms with Gasteiger partial charge in [-0.2, -0.15) is 5.10 Å². The number of amides is 1. The van der Waals surface area contributed by atoms with E-state index in [1.807, 2.05) is 27.9 Å². The van der Waals surface area contributed by atoms with Crippen LogP contribution < -0.4 is 0 Å². The molecule has 3 rings (SSSR count). The topological polar surface area (TPSA) is 47.4 Å². The molecule has 1 aromatic carbocycles. The van der Waals surface area contributed by atoms with E-state index < -0.39 is 0 Å². The summed E-state index contributed by atoms with van der Waals surface area (Å²) >= 11 is 12.0. The van der Waals surface area contributed by atoms with Crippen molar-refractivity contribution in [2.75, 3.05) is 19.7 Å². The summed E-state index contributed by atoms with van der Waals surface area (Å²) in [6.07, 6.45) is 4.76. The van der Waals surface area contributed by atoms with Crippen LogP contribution in [0.1, 0.15) is 24.5 Å². The molecular formula is C17H19Cl2N3O2. The first-order chi connectivity index (χ1) is 11.6. The van der Waals surface area contributed by atoms with Gasteiger partial charge >= 0.3 is 0 Å². The fourth-order valence-electron chi connectivity index (χ4n) is 2.77. The summed E-state index contributed by atoms with van der Waals surface area (Å²) in [4.78, 5) is 14.3. The Balaban J connectivity index is 1.54. The summed E-state index contributed by atoms with van der Waals surface area (Å²) in [6, 6.07) is 7.34. The van der Waals surface area contributed by atoms with Gasteiger partial charge in [-0.1, -0.05) is 29.3 Å². The van der Waals surface area contributed by atoms with Crippen molar-refractivity contribution >= 4 is 29.1 Å². The maximum atomic E-state index is 12.4. The molecule has 1 aromatic heterocycles. The van der Waals surface area contributed by atoms with Crippen molar-refractivity contribution in [2.45, 2.75) is 25.5 Å². The smallest absolute Gasteiger partial charge is 0.222 e. The SMILES string of the molecule is O=C(CCCn1cccn1)N1CCO[C@H](c2ccc(Cl)c(Cl)c2)C1. The second-order valence-electron chi connectivity index (χ2n) is 5.75. The van der Waals surface area contributed by atoms with Crippen molar-refractivity contribution in [1.82, 2.24) is 14.7 Å². The number of morpholine rings is 1. The van der Waals surface area contributed by atoms with Gasteiger partial charge in [0, 0.05) is 31.9 Å². The van der Waals surface area contributed by atoms with E-state index in [-0.39, 0.29) is 12.0 Å². The highest BCUT2D eigenvalue weighted by atomic mass is 35.5. The highest BCUT2D eigenvalue weighted by Gasteiger charge is 2.25. The Morgan fingerprint density at radius 1 is 1.33 bits per heavy atom. The average molecular weight is 368 g/mol. The van der Waals surface area contributed by atoms with E-state index in [1.54, 1.807) is 18.3 Å². The summed E-state index contributed by atoms with van der Waals surface area (Å²) in [5.74, 6) is 0.149. The van der Waals surface area contributed by atoms with Crippen LogP contribution in [0.4, 0.5) is 0 Å². The van der Waals surface area contributed by atoms with Crippen molar-refractivity contribution in [3.8, 4) is 0 Å². The number of carbonyl (C=O) groups is 1. The zero-order valence-electron chi connectivity index (χ0n) is 13.2. The van der Waals surface area contributed by atoms with Crippen LogP contribution in [0.5, 0.6) is 0 Å². The molecule has 1 saturated heterocycles. The molecule has 1 fully saturated rings. The molecule has 0 spiro atoms. The minimum absolute atomic E-state index is 0.149. The molecule has 0 radical (unpaired) electrons. The Bertz CT molecular complexity index is 691. The monoisotopic (exact) mass is 367 g/mol. The van der Waals surface area contributed by atoms with Gasteiger partial charge < -0.3 is 9.64 Å². The molecule has 2 heterocycles. The Labute approximate surface area is 151 Å². The lowest BCUT2D eigenvalue weighted by atomic mass is 10.1. The molecule has 1 aliphatic heterocycles. The molecule has 0 unspecified atom stereocenters. The lowest BCUT2D eigenvalue weighted by Crippen LogP contribution is -2.42. The average Bonchev–Trinajstić information content (AvgIpc) is 3.11. The van der Waals surface area contributed by atoms with Crippen molar-refractivity contribution in [1.29, 1.82) is 0 Å². The van der Waals surface area contributed by atoms with Gasteiger partial charge in [0.1, 0.15) is 6.10 Å². The van der Waals surface area contributed by atoms with Crippen LogP contribution in [0.25, 0.3) is 0 Å². The quantitative estimate of drug-likeness (QED) is 0.811. The molecule has 0 bridgehead atoms. The second kappa shape index (κ2) is 8.01. The van der Waals surface area contributed by atoms with Gasteiger partial charge in [-0.25, -0.2) is 0 Å². The number of nitrogens with zero attached hydrogens (tertiary/aromatic N) is 3. The third-order valence-electron chi connectivity index (χ3n) is 4.07. The number of aromatic nitrogens is 2. The number of halogens is 2. The van der Waals surface area contributed by atoms with Crippen molar-refractivity contribution in [3.63, 3.8) is 0 Å². The van der Waals surface area contributed by atoms with Crippen LogP contribution in [0.2, 0.25) is 10.0 Å². The summed E-state index contributed by atoms with van der Waals surface area (Å²) < 4.78 is 7.63. The molecule has 128 valence electrons. The number of hydrogen-bond acceptors (Lipinski definition) is 3. The lowest BCUT2D eigenvalue weighted by Gasteiger charge is -2.33. The largest absolute Gasteiger partial charge is 0.370 e. The van der Waals surface area contributed by atoms with E-state index in [0.717, 1.165) is 18.5 Å². The molecule has 0 saturated carbocycles. The summed E-state index contributed by atoms with van der Waals surface area (Å²) in [6.45, 7) is 2.44. The number of carbonyl (C=O) groups excluding carboxylic acids is 1. The van der Waals surface area contributed by atoms with Crippen LogP contribution >= 0.6 is 23.2 Å². The molecule has 2 aromatic rings. The minimum Gasteiger partial charge on any atom is -0.370 e. The van der Waals surface area contributed by atoms with Gasteiger partial charge in [0.2, 0.25) is 5.91 Å². The highest BCUT2D eigenvalue weighted by molar-refractivity contribution is 6.42. The van der Waals surface area contributed by atoms with Crippen LogP contribution in [-0.2, 0) is 16.1 Å². The Kier molecular flexibility index (Phi) is 5.76. The first kappa shape index (κ1) is 17.3. The van der Waals surface area contributed by atoms with Crippen molar-refractivity contribution in [2.24, 2.45) is 0 Å². The molecule has 0 aliphatic carbocycles. The molecule has 1 atom stereocenters. The predicted octanol–water partition coefficient (Wildman–Crippen LogP) is 3.57. The van der Waals surface area contributed by atoms with Gasteiger partial charge in [0.05, 0.1) is 23.2 Å². The Hall–Kier alpha value is -1.56. The molecule has 1 amide bonds. The maximum absolute atomic E-state index is 12.4. The van der Waals surface area contributed by atoms with Crippen LogP contribution in [-0.4, -0.2) is 40.3 Å². The highest BCUT2D eigenvalue weighted by Crippen LogP contribution is 2.29. The van der Waals surface area contributed by atoms with Gasteiger partial charge in [-0.05, 0) is 30.2 Å².